The van der Waals surface area contributed by atoms with E-state index in [0.29, 0.717) is 0 Å². The van der Waals surface area contributed by atoms with Crippen LogP contribution < -0.4 is 0 Å². The lowest BCUT2D eigenvalue weighted by Gasteiger charge is -2.80. The third kappa shape index (κ3) is 1.06. The summed E-state index contributed by atoms with van der Waals surface area (Å²) >= 11 is 0. The molecular formula is C16H16F6. The van der Waals surface area contributed by atoms with Gasteiger partial charge in [0, 0.05) is 11.8 Å². The van der Waals surface area contributed by atoms with Crippen LogP contribution in [0, 0.1) is 11.8 Å². The quantitative estimate of drug-likeness (QED) is 0.467. The SMILES string of the molecule is C=CCC[C@H]1[C@H](CCC=C)[C@]2(F)[C@@]3(F)C(F)=C(F)[C@@]3(F)[C@]12F. The summed E-state index contributed by atoms with van der Waals surface area (Å²) in [5.41, 5.74) is -14.4. The summed E-state index contributed by atoms with van der Waals surface area (Å²) in [6.07, 6.45) is 3.38. The highest BCUT2D eigenvalue weighted by Gasteiger charge is 3.09. The molecule has 0 saturated heterocycles. The molecule has 0 aromatic heterocycles. The molecular weight excluding hydrogens is 306 g/mol. The normalized spacial score (nSPS) is 51.9. The lowest BCUT2D eigenvalue weighted by Crippen LogP contribution is -3.02. The van der Waals surface area contributed by atoms with E-state index in [1.165, 1.54) is 12.2 Å². The molecule has 0 heterocycles. The van der Waals surface area contributed by atoms with Crippen LogP contribution in [-0.4, -0.2) is 22.7 Å². The fourth-order valence-electron chi connectivity index (χ4n) is 4.71. The molecule has 3 aliphatic rings. The van der Waals surface area contributed by atoms with Gasteiger partial charge in [0.15, 0.2) is 23.0 Å². The first-order valence-electron chi connectivity index (χ1n) is 7.24. The maximum absolute atomic E-state index is 15.0. The van der Waals surface area contributed by atoms with Gasteiger partial charge in [0.2, 0.25) is 11.3 Å². The van der Waals surface area contributed by atoms with E-state index >= 15 is 0 Å². The molecule has 0 radical (unpaired) electrons. The van der Waals surface area contributed by atoms with Gasteiger partial charge in [-0.05, 0) is 25.7 Å². The predicted octanol–water partition coefficient (Wildman–Crippen LogP) is 5.18. The largest absolute Gasteiger partial charge is 0.245 e. The van der Waals surface area contributed by atoms with E-state index in [2.05, 4.69) is 13.2 Å². The van der Waals surface area contributed by atoms with E-state index in [1.807, 2.05) is 0 Å². The highest BCUT2D eigenvalue weighted by Crippen LogP contribution is 2.88. The topological polar surface area (TPSA) is 0 Å². The maximum atomic E-state index is 15.0. The van der Waals surface area contributed by atoms with Crippen molar-refractivity contribution >= 4 is 0 Å². The molecule has 0 aromatic carbocycles. The third-order valence-electron chi connectivity index (χ3n) is 5.68. The molecule has 0 nitrogen and oxygen atoms in total. The van der Waals surface area contributed by atoms with E-state index in [0.717, 1.165) is 0 Å². The van der Waals surface area contributed by atoms with Crippen LogP contribution in [0.5, 0.6) is 0 Å². The second-order valence-corrected chi connectivity index (χ2v) is 6.31. The van der Waals surface area contributed by atoms with E-state index in [1.54, 1.807) is 0 Å². The van der Waals surface area contributed by atoms with Gasteiger partial charge in [-0.2, -0.15) is 0 Å². The Balaban J connectivity index is 2.03. The fourth-order valence-corrected chi connectivity index (χ4v) is 4.71. The van der Waals surface area contributed by atoms with Crippen molar-refractivity contribution in [3.05, 3.63) is 37.0 Å². The molecule has 6 heteroatoms. The third-order valence-corrected chi connectivity index (χ3v) is 5.68. The second kappa shape index (κ2) is 4.20. The number of halogens is 6. The lowest BCUT2D eigenvalue weighted by atomic mass is 9.27. The number of fused-ring (bicyclic) bond motifs is 4. The van der Waals surface area contributed by atoms with Crippen LogP contribution in [-0.2, 0) is 0 Å². The van der Waals surface area contributed by atoms with Gasteiger partial charge in [0.05, 0.1) is 0 Å². The van der Waals surface area contributed by atoms with Crippen LogP contribution in [0.3, 0.4) is 0 Å². The summed E-state index contributed by atoms with van der Waals surface area (Å²) in [4.78, 5) is 0. The van der Waals surface area contributed by atoms with Gasteiger partial charge in [-0.15, -0.1) is 13.2 Å². The number of hydrogen-bond acceptors (Lipinski definition) is 0. The minimum Gasteiger partial charge on any atom is -0.236 e. The smallest absolute Gasteiger partial charge is 0.236 e. The predicted molar refractivity (Wildman–Crippen MR) is 70.4 cm³/mol. The Hall–Kier alpha value is -1.20. The average molecular weight is 322 g/mol. The summed E-state index contributed by atoms with van der Waals surface area (Å²) in [6.45, 7) is 6.89. The van der Waals surface area contributed by atoms with Gasteiger partial charge in [0.1, 0.15) is 0 Å². The van der Waals surface area contributed by atoms with Crippen molar-refractivity contribution in [1.82, 2.24) is 0 Å². The van der Waals surface area contributed by atoms with E-state index in [9.17, 15) is 26.3 Å². The van der Waals surface area contributed by atoms with Gasteiger partial charge in [-0.3, -0.25) is 0 Å². The van der Waals surface area contributed by atoms with Crippen molar-refractivity contribution in [2.75, 3.05) is 0 Å². The van der Waals surface area contributed by atoms with Crippen LogP contribution in [0.2, 0.25) is 0 Å². The van der Waals surface area contributed by atoms with Gasteiger partial charge in [0.25, 0.3) is 0 Å². The Morgan fingerprint density at radius 3 is 1.36 bits per heavy atom. The maximum Gasteiger partial charge on any atom is 0.245 e. The monoisotopic (exact) mass is 322 g/mol. The number of allylic oxidation sites excluding steroid dienone is 4. The Labute approximate surface area is 124 Å². The summed E-state index contributed by atoms with van der Waals surface area (Å²) in [6, 6.07) is 0. The van der Waals surface area contributed by atoms with Crippen LogP contribution in [0.1, 0.15) is 25.7 Å². The minimum atomic E-state index is -3.84. The Bertz CT molecular complexity index is 535. The van der Waals surface area contributed by atoms with Crippen molar-refractivity contribution in [1.29, 1.82) is 0 Å². The molecule has 0 aliphatic heterocycles. The number of rotatable bonds is 6. The minimum absolute atomic E-state index is 0.00410. The Morgan fingerprint density at radius 2 is 1.09 bits per heavy atom. The molecule has 0 spiro atoms. The summed E-state index contributed by atoms with van der Waals surface area (Å²) in [7, 11) is 0. The first-order chi connectivity index (χ1) is 10.2. The van der Waals surface area contributed by atoms with Crippen LogP contribution >= 0.6 is 0 Å². The van der Waals surface area contributed by atoms with Crippen LogP contribution in [0.25, 0.3) is 0 Å². The molecule has 6 atom stereocenters. The highest BCUT2D eigenvalue weighted by molar-refractivity contribution is 5.65. The fraction of sp³-hybridized carbons (Fsp3) is 0.625. The van der Waals surface area contributed by atoms with Gasteiger partial charge in [-0.25, -0.2) is 26.3 Å². The van der Waals surface area contributed by atoms with Crippen molar-refractivity contribution in [3.8, 4) is 0 Å². The molecule has 3 aliphatic carbocycles. The zero-order valence-corrected chi connectivity index (χ0v) is 11.8. The van der Waals surface area contributed by atoms with Gasteiger partial charge >= 0.3 is 0 Å². The molecule has 3 rings (SSSR count). The molecule has 0 aromatic rings. The highest BCUT2D eigenvalue weighted by atomic mass is 19.2. The van der Waals surface area contributed by atoms with Crippen LogP contribution in [0.4, 0.5) is 26.3 Å². The average Bonchev–Trinajstić information content (AvgIpc) is 2.52. The number of hydrogen-bond donors (Lipinski definition) is 0. The Kier molecular flexibility index (Phi) is 3.00. The molecule has 0 unspecified atom stereocenters. The first kappa shape index (κ1) is 15.7. The van der Waals surface area contributed by atoms with Gasteiger partial charge in [-0.1, -0.05) is 12.2 Å². The van der Waals surface area contributed by atoms with Crippen molar-refractivity contribution in [2.45, 2.75) is 48.4 Å². The van der Waals surface area contributed by atoms with E-state index in [-0.39, 0.29) is 25.7 Å². The van der Waals surface area contributed by atoms with Crippen molar-refractivity contribution < 1.29 is 26.3 Å². The first-order valence-corrected chi connectivity index (χ1v) is 7.24. The lowest BCUT2D eigenvalue weighted by molar-refractivity contribution is -0.446. The van der Waals surface area contributed by atoms with E-state index < -0.39 is 46.2 Å². The molecule has 0 amide bonds. The van der Waals surface area contributed by atoms with Crippen molar-refractivity contribution in [3.63, 3.8) is 0 Å². The van der Waals surface area contributed by atoms with Crippen molar-refractivity contribution in [2.24, 2.45) is 11.8 Å². The molecule has 22 heavy (non-hydrogen) atoms. The number of alkyl halides is 4. The van der Waals surface area contributed by atoms with Crippen LogP contribution in [0.15, 0.2) is 37.0 Å². The molecule has 0 bridgehead atoms. The standard InChI is InChI=1S/C16H16F6/c1-3-5-7-9-10(8-6-4-2)14(20)13(9,19)15(21)11(17)12(18)16(14,15)22/h3-4,9-10H,1-2,5-8H2/t9-,10-,13-,14+,15+,16-/m0/s1. The van der Waals surface area contributed by atoms with Gasteiger partial charge < -0.3 is 0 Å². The zero-order valence-electron chi connectivity index (χ0n) is 11.8. The van der Waals surface area contributed by atoms with E-state index in [4.69, 9.17) is 0 Å². The molecule has 122 valence electrons. The molecule has 2 saturated carbocycles. The summed E-state index contributed by atoms with van der Waals surface area (Å²) in [5, 5.41) is 0. The Morgan fingerprint density at radius 1 is 0.773 bits per heavy atom. The summed E-state index contributed by atoms with van der Waals surface area (Å²) in [5.74, 6) is -6.72. The molecule has 2 fully saturated rings. The summed E-state index contributed by atoms with van der Waals surface area (Å²) < 4.78 is 85.8. The molecule has 0 N–H and O–H groups in total. The zero-order chi connectivity index (χ0) is 16.6. The second-order valence-electron chi connectivity index (χ2n) is 6.31.